The van der Waals surface area contributed by atoms with Crippen molar-refractivity contribution >= 4 is 17.1 Å². The molecule has 0 aliphatic carbocycles. The largest absolute Gasteiger partial charge is 0.381 e. The Kier molecular flexibility index (Phi) is 2.68. The van der Waals surface area contributed by atoms with Gasteiger partial charge in [0.1, 0.15) is 5.52 Å². The summed E-state index contributed by atoms with van der Waals surface area (Å²) in [5, 5.41) is 0. The Morgan fingerprint density at radius 1 is 1.41 bits per heavy atom. The number of ether oxygens (including phenoxy) is 1. The van der Waals surface area contributed by atoms with Gasteiger partial charge in [-0.25, -0.2) is 9.97 Å². The van der Waals surface area contributed by atoms with E-state index in [4.69, 9.17) is 10.5 Å². The van der Waals surface area contributed by atoms with Crippen LogP contribution in [0.2, 0.25) is 0 Å². The standard InChI is InChI=1S/C12H16N4O/c13-12-15-10-2-1-5-14-11(10)16(12)8-9-3-6-17-7-4-9/h1-2,5,9H,3-4,6-8H2,(H2,13,15). The smallest absolute Gasteiger partial charge is 0.202 e. The molecular weight excluding hydrogens is 216 g/mol. The van der Waals surface area contributed by atoms with Gasteiger partial charge in [-0.05, 0) is 30.9 Å². The lowest BCUT2D eigenvalue weighted by atomic mass is 10.0. The van der Waals surface area contributed by atoms with Gasteiger partial charge in [0.2, 0.25) is 5.95 Å². The Hall–Kier alpha value is -1.62. The van der Waals surface area contributed by atoms with Crippen LogP contribution < -0.4 is 5.73 Å². The second-order valence-electron chi connectivity index (χ2n) is 4.48. The molecule has 1 fully saturated rings. The molecule has 1 aliphatic heterocycles. The Balaban J connectivity index is 1.90. The first-order valence-corrected chi connectivity index (χ1v) is 5.99. The van der Waals surface area contributed by atoms with Crippen LogP contribution in [0.25, 0.3) is 11.2 Å². The van der Waals surface area contributed by atoms with Gasteiger partial charge < -0.3 is 10.5 Å². The molecule has 0 spiro atoms. The lowest BCUT2D eigenvalue weighted by molar-refractivity contribution is 0.0617. The van der Waals surface area contributed by atoms with Crippen LogP contribution in [-0.4, -0.2) is 27.7 Å². The van der Waals surface area contributed by atoms with E-state index in [-0.39, 0.29) is 0 Å². The highest BCUT2D eigenvalue weighted by Crippen LogP contribution is 2.22. The van der Waals surface area contributed by atoms with Gasteiger partial charge in [-0.15, -0.1) is 0 Å². The van der Waals surface area contributed by atoms with Crippen molar-refractivity contribution in [3.8, 4) is 0 Å². The Morgan fingerprint density at radius 3 is 3.06 bits per heavy atom. The lowest BCUT2D eigenvalue weighted by Gasteiger charge is -2.22. The molecule has 1 aliphatic rings. The lowest BCUT2D eigenvalue weighted by Crippen LogP contribution is -2.21. The van der Waals surface area contributed by atoms with Gasteiger partial charge in [-0.3, -0.25) is 4.57 Å². The molecule has 90 valence electrons. The van der Waals surface area contributed by atoms with Crippen molar-refractivity contribution in [1.29, 1.82) is 0 Å². The zero-order chi connectivity index (χ0) is 11.7. The maximum absolute atomic E-state index is 5.95. The van der Waals surface area contributed by atoms with Crippen molar-refractivity contribution in [2.45, 2.75) is 19.4 Å². The second-order valence-corrected chi connectivity index (χ2v) is 4.48. The maximum Gasteiger partial charge on any atom is 0.202 e. The molecule has 2 N–H and O–H groups in total. The number of nitrogen functional groups attached to an aromatic ring is 1. The Labute approximate surface area is 99.6 Å². The fourth-order valence-corrected chi connectivity index (χ4v) is 2.34. The topological polar surface area (TPSA) is 66.0 Å². The van der Waals surface area contributed by atoms with Gasteiger partial charge in [-0.1, -0.05) is 0 Å². The number of pyridine rings is 1. The number of anilines is 1. The summed E-state index contributed by atoms with van der Waals surface area (Å²) in [6, 6.07) is 3.83. The molecule has 5 nitrogen and oxygen atoms in total. The molecule has 0 amide bonds. The zero-order valence-corrected chi connectivity index (χ0v) is 9.67. The predicted octanol–water partition coefficient (Wildman–Crippen LogP) is 1.44. The molecule has 3 heterocycles. The summed E-state index contributed by atoms with van der Waals surface area (Å²) in [4.78, 5) is 8.68. The third-order valence-corrected chi connectivity index (χ3v) is 3.31. The summed E-state index contributed by atoms with van der Waals surface area (Å²) < 4.78 is 7.38. The number of rotatable bonds is 2. The first kappa shape index (κ1) is 10.5. The third kappa shape index (κ3) is 1.98. The van der Waals surface area contributed by atoms with Crippen molar-refractivity contribution in [3.63, 3.8) is 0 Å². The van der Waals surface area contributed by atoms with Crippen LogP contribution in [0.4, 0.5) is 5.95 Å². The summed E-state index contributed by atoms with van der Waals surface area (Å²) in [7, 11) is 0. The molecule has 2 aromatic rings. The molecule has 17 heavy (non-hydrogen) atoms. The van der Waals surface area contributed by atoms with Crippen LogP contribution in [0.1, 0.15) is 12.8 Å². The average molecular weight is 232 g/mol. The highest BCUT2D eigenvalue weighted by Gasteiger charge is 2.17. The zero-order valence-electron chi connectivity index (χ0n) is 9.67. The van der Waals surface area contributed by atoms with Gasteiger partial charge in [0.05, 0.1) is 0 Å². The van der Waals surface area contributed by atoms with Crippen molar-refractivity contribution in [2.24, 2.45) is 5.92 Å². The minimum atomic E-state index is 0.560. The second kappa shape index (κ2) is 4.33. The van der Waals surface area contributed by atoms with E-state index in [9.17, 15) is 0 Å². The van der Waals surface area contributed by atoms with Crippen LogP contribution in [-0.2, 0) is 11.3 Å². The van der Waals surface area contributed by atoms with Crippen molar-refractivity contribution in [2.75, 3.05) is 18.9 Å². The molecule has 0 atom stereocenters. The first-order valence-electron chi connectivity index (χ1n) is 5.99. The molecule has 0 radical (unpaired) electrons. The molecule has 0 aromatic carbocycles. The number of aromatic nitrogens is 3. The number of hydrogen-bond acceptors (Lipinski definition) is 4. The van der Waals surface area contributed by atoms with E-state index in [1.165, 1.54) is 0 Å². The number of imidazole rings is 1. The van der Waals surface area contributed by atoms with Crippen LogP contribution >= 0.6 is 0 Å². The molecule has 3 rings (SSSR count). The monoisotopic (exact) mass is 232 g/mol. The van der Waals surface area contributed by atoms with E-state index in [1.807, 2.05) is 16.7 Å². The number of fused-ring (bicyclic) bond motifs is 1. The van der Waals surface area contributed by atoms with Gasteiger partial charge >= 0.3 is 0 Å². The van der Waals surface area contributed by atoms with Crippen LogP contribution in [0.5, 0.6) is 0 Å². The van der Waals surface area contributed by atoms with Crippen molar-refractivity contribution < 1.29 is 4.74 Å². The minimum absolute atomic E-state index is 0.560. The molecule has 1 saturated heterocycles. The van der Waals surface area contributed by atoms with Crippen LogP contribution in [0.15, 0.2) is 18.3 Å². The quantitative estimate of drug-likeness (QED) is 0.850. The maximum atomic E-state index is 5.95. The Bertz CT molecular complexity index is 516. The van der Waals surface area contributed by atoms with Gasteiger partial charge in [0.25, 0.3) is 0 Å². The van der Waals surface area contributed by atoms with Gasteiger partial charge in [0.15, 0.2) is 5.65 Å². The fraction of sp³-hybridized carbons (Fsp3) is 0.500. The summed E-state index contributed by atoms with van der Waals surface area (Å²) in [5.74, 6) is 1.18. The van der Waals surface area contributed by atoms with E-state index in [1.54, 1.807) is 6.20 Å². The number of hydrogen-bond donors (Lipinski definition) is 1. The Morgan fingerprint density at radius 2 is 2.24 bits per heavy atom. The van der Waals surface area contributed by atoms with Crippen molar-refractivity contribution in [3.05, 3.63) is 18.3 Å². The van der Waals surface area contributed by atoms with E-state index in [0.717, 1.165) is 43.8 Å². The molecule has 5 heteroatoms. The van der Waals surface area contributed by atoms with Crippen molar-refractivity contribution in [1.82, 2.24) is 14.5 Å². The summed E-state index contributed by atoms with van der Waals surface area (Å²) in [6.07, 6.45) is 3.96. The fourth-order valence-electron chi connectivity index (χ4n) is 2.34. The molecule has 0 bridgehead atoms. The summed E-state index contributed by atoms with van der Waals surface area (Å²) in [6.45, 7) is 2.60. The van der Waals surface area contributed by atoms with Crippen LogP contribution in [0.3, 0.4) is 0 Å². The highest BCUT2D eigenvalue weighted by atomic mass is 16.5. The number of nitrogens with zero attached hydrogens (tertiary/aromatic N) is 3. The third-order valence-electron chi connectivity index (χ3n) is 3.31. The number of nitrogens with two attached hydrogens (primary N) is 1. The predicted molar refractivity (Wildman–Crippen MR) is 65.5 cm³/mol. The van der Waals surface area contributed by atoms with Gasteiger partial charge in [-0.2, -0.15) is 0 Å². The minimum Gasteiger partial charge on any atom is -0.381 e. The molecule has 0 saturated carbocycles. The van der Waals surface area contributed by atoms with Crippen LogP contribution in [0, 0.1) is 5.92 Å². The normalized spacial score (nSPS) is 17.6. The molecule has 0 unspecified atom stereocenters. The summed E-state index contributed by atoms with van der Waals surface area (Å²) >= 11 is 0. The van der Waals surface area contributed by atoms with E-state index < -0.39 is 0 Å². The van der Waals surface area contributed by atoms with E-state index >= 15 is 0 Å². The molecule has 2 aromatic heterocycles. The first-order chi connectivity index (χ1) is 8.34. The van der Waals surface area contributed by atoms with E-state index in [0.29, 0.717) is 11.9 Å². The highest BCUT2D eigenvalue weighted by molar-refractivity contribution is 5.73. The molecular formula is C12H16N4O. The van der Waals surface area contributed by atoms with E-state index in [2.05, 4.69) is 9.97 Å². The van der Waals surface area contributed by atoms with Gasteiger partial charge in [0, 0.05) is 26.0 Å². The average Bonchev–Trinajstić information content (AvgIpc) is 2.68. The summed E-state index contributed by atoms with van der Waals surface area (Å²) in [5.41, 5.74) is 7.71. The SMILES string of the molecule is Nc1nc2cccnc2n1CC1CCOCC1.